The largest absolute Gasteiger partial charge is 0.369 e. The molecular formula is C20H19BrN4OS. The van der Waals surface area contributed by atoms with E-state index in [0.717, 1.165) is 32.6 Å². The molecule has 27 heavy (non-hydrogen) atoms. The highest BCUT2D eigenvalue weighted by atomic mass is 79.9. The SMILES string of the molecule is CN1C(=O)[C@@H](c2ccc(C3(C#N)CC3)cc2)[C@@](C)(c2ccc(Br)s2)N=C1N. The molecule has 1 aliphatic heterocycles. The topological polar surface area (TPSA) is 82.5 Å². The number of nitrogens with zero attached hydrogens (tertiary/aromatic N) is 3. The molecule has 2 N–H and O–H groups in total. The molecule has 1 fully saturated rings. The molecule has 4 rings (SSSR count). The molecule has 2 heterocycles. The van der Waals surface area contributed by atoms with Gasteiger partial charge in [-0.3, -0.25) is 9.69 Å². The zero-order chi connectivity index (χ0) is 19.4. The molecule has 2 aliphatic rings. The molecule has 1 saturated carbocycles. The van der Waals surface area contributed by atoms with Gasteiger partial charge < -0.3 is 5.73 Å². The quantitative estimate of drug-likeness (QED) is 0.783. The highest BCUT2D eigenvalue weighted by molar-refractivity contribution is 9.11. The van der Waals surface area contributed by atoms with Gasteiger partial charge in [-0.2, -0.15) is 5.26 Å². The smallest absolute Gasteiger partial charge is 0.239 e. The number of benzene rings is 1. The van der Waals surface area contributed by atoms with Crippen LogP contribution in [0.2, 0.25) is 0 Å². The van der Waals surface area contributed by atoms with E-state index in [1.54, 1.807) is 18.4 Å². The van der Waals surface area contributed by atoms with Crippen molar-refractivity contribution in [3.05, 3.63) is 56.2 Å². The molecule has 0 saturated heterocycles. The lowest BCUT2D eigenvalue weighted by molar-refractivity contribution is -0.130. The molecule has 0 radical (unpaired) electrons. The van der Waals surface area contributed by atoms with Gasteiger partial charge in [0.2, 0.25) is 5.91 Å². The van der Waals surface area contributed by atoms with Gasteiger partial charge in [0.25, 0.3) is 0 Å². The van der Waals surface area contributed by atoms with Crippen molar-refractivity contribution in [2.24, 2.45) is 10.7 Å². The number of guanidine groups is 1. The average Bonchev–Trinajstić information content (AvgIpc) is 3.33. The lowest BCUT2D eigenvalue weighted by Gasteiger charge is -2.40. The Hall–Kier alpha value is -2.17. The van der Waals surface area contributed by atoms with Crippen LogP contribution >= 0.6 is 27.3 Å². The van der Waals surface area contributed by atoms with Gasteiger partial charge in [0.1, 0.15) is 5.54 Å². The second kappa shape index (κ2) is 6.18. The summed E-state index contributed by atoms with van der Waals surface area (Å²) in [4.78, 5) is 20.3. The van der Waals surface area contributed by atoms with E-state index >= 15 is 0 Å². The van der Waals surface area contributed by atoms with Crippen molar-refractivity contribution in [1.82, 2.24) is 4.90 Å². The van der Waals surface area contributed by atoms with Crippen molar-refractivity contribution in [3.8, 4) is 6.07 Å². The van der Waals surface area contributed by atoms with Gasteiger partial charge in [0.15, 0.2) is 5.96 Å². The zero-order valence-electron chi connectivity index (χ0n) is 15.1. The number of halogens is 1. The minimum absolute atomic E-state index is 0.0799. The van der Waals surface area contributed by atoms with Gasteiger partial charge in [-0.05, 0) is 59.0 Å². The highest BCUT2D eigenvalue weighted by Crippen LogP contribution is 2.49. The predicted molar refractivity (Wildman–Crippen MR) is 109 cm³/mol. The van der Waals surface area contributed by atoms with Crippen molar-refractivity contribution in [1.29, 1.82) is 5.26 Å². The van der Waals surface area contributed by atoms with Crippen LogP contribution in [-0.4, -0.2) is 23.8 Å². The molecule has 0 bridgehead atoms. The van der Waals surface area contributed by atoms with E-state index in [2.05, 4.69) is 22.0 Å². The molecule has 0 spiro atoms. The molecule has 7 heteroatoms. The molecule has 5 nitrogen and oxygen atoms in total. The van der Waals surface area contributed by atoms with Gasteiger partial charge >= 0.3 is 0 Å². The maximum atomic E-state index is 13.2. The van der Waals surface area contributed by atoms with Gasteiger partial charge in [-0.25, -0.2) is 4.99 Å². The number of thiophene rings is 1. The maximum Gasteiger partial charge on any atom is 0.239 e. The first kappa shape index (κ1) is 18.2. The molecule has 0 unspecified atom stereocenters. The van der Waals surface area contributed by atoms with E-state index < -0.39 is 11.5 Å². The Balaban J connectivity index is 1.81. The summed E-state index contributed by atoms with van der Waals surface area (Å²) in [6.45, 7) is 1.96. The van der Waals surface area contributed by atoms with E-state index in [-0.39, 0.29) is 17.3 Å². The first-order valence-electron chi connectivity index (χ1n) is 8.71. The highest BCUT2D eigenvalue weighted by Gasteiger charge is 2.49. The number of likely N-dealkylation sites (N-methyl/N-ethyl adjacent to an activating group) is 1. The van der Waals surface area contributed by atoms with Crippen LogP contribution in [0.1, 0.15) is 41.7 Å². The molecule has 1 aromatic carbocycles. The fourth-order valence-corrected chi connectivity index (χ4v) is 5.27. The van der Waals surface area contributed by atoms with Crippen molar-refractivity contribution in [2.75, 3.05) is 7.05 Å². The lowest BCUT2D eigenvalue weighted by Crippen LogP contribution is -2.52. The maximum absolute atomic E-state index is 13.2. The third-order valence-corrected chi connectivity index (χ3v) is 7.51. The number of amides is 1. The number of nitriles is 1. The molecule has 2 atom stereocenters. The number of carbonyl (C=O) groups excluding carboxylic acids is 1. The fraction of sp³-hybridized carbons (Fsp3) is 0.350. The predicted octanol–water partition coefficient (Wildman–Crippen LogP) is 3.85. The minimum atomic E-state index is -0.779. The van der Waals surface area contributed by atoms with E-state index in [1.165, 1.54) is 4.90 Å². The van der Waals surface area contributed by atoms with Crippen LogP contribution in [0.25, 0.3) is 0 Å². The Morgan fingerprint density at radius 2 is 1.96 bits per heavy atom. The normalized spacial score (nSPS) is 26.4. The first-order valence-corrected chi connectivity index (χ1v) is 10.3. The summed E-state index contributed by atoms with van der Waals surface area (Å²) < 4.78 is 0.984. The number of carbonyl (C=O) groups is 1. The van der Waals surface area contributed by atoms with Crippen molar-refractivity contribution in [2.45, 2.75) is 36.6 Å². The summed E-state index contributed by atoms with van der Waals surface area (Å²) in [5, 5.41) is 9.42. The van der Waals surface area contributed by atoms with Crippen LogP contribution in [0, 0.1) is 11.3 Å². The Labute approximate surface area is 170 Å². The summed E-state index contributed by atoms with van der Waals surface area (Å²) in [5.74, 6) is -0.336. The Morgan fingerprint density at radius 1 is 1.30 bits per heavy atom. The number of nitrogens with two attached hydrogens (primary N) is 1. The summed E-state index contributed by atoms with van der Waals surface area (Å²) >= 11 is 5.06. The van der Waals surface area contributed by atoms with Crippen LogP contribution < -0.4 is 5.73 Å². The summed E-state index contributed by atoms with van der Waals surface area (Å²) in [7, 11) is 1.65. The second-order valence-corrected chi connectivity index (χ2v) is 9.83. The third kappa shape index (κ3) is 2.79. The van der Waals surface area contributed by atoms with Crippen LogP contribution in [0.5, 0.6) is 0 Å². The number of aliphatic imine (C=N–C) groups is 1. The average molecular weight is 443 g/mol. The van der Waals surface area contributed by atoms with Crippen molar-refractivity contribution in [3.63, 3.8) is 0 Å². The van der Waals surface area contributed by atoms with Gasteiger partial charge in [0, 0.05) is 11.9 Å². The summed E-state index contributed by atoms with van der Waals surface area (Å²) in [6.07, 6.45) is 1.80. The number of hydrogen-bond acceptors (Lipinski definition) is 5. The Kier molecular flexibility index (Phi) is 4.17. The standard InChI is InChI=1S/C20H19BrN4OS/c1-19(14-7-8-15(21)27-14)16(17(26)25(2)18(23)24-19)12-3-5-13(6-4-12)20(11-22)9-10-20/h3-8,16H,9-10H2,1-2H3,(H2,23,24)/t16-,19-/m1/s1. The molecule has 138 valence electrons. The minimum Gasteiger partial charge on any atom is -0.369 e. The van der Waals surface area contributed by atoms with Crippen LogP contribution in [0.3, 0.4) is 0 Å². The Morgan fingerprint density at radius 3 is 2.48 bits per heavy atom. The van der Waals surface area contributed by atoms with E-state index in [9.17, 15) is 10.1 Å². The zero-order valence-corrected chi connectivity index (χ0v) is 17.5. The van der Waals surface area contributed by atoms with E-state index in [1.807, 2.05) is 43.3 Å². The number of hydrogen-bond donors (Lipinski definition) is 1. The van der Waals surface area contributed by atoms with E-state index in [4.69, 9.17) is 10.7 Å². The van der Waals surface area contributed by atoms with Crippen LogP contribution in [0.15, 0.2) is 45.2 Å². The first-order chi connectivity index (χ1) is 12.8. The lowest BCUT2D eigenvalue weighted by atomic mass is 9.77. The Bertz CT molecular complexity index is 986. The van der Waals surface area contributed by atoms with Crippen molar-refractivity contribution >= 4 is 39.1 Å². The summed E-state index contributed by atoms with van der Waals surface area (Å²) in [6, 6.07) is 14.2. The van der Waals surface area contributed by atoms with Crippen LogP contribution in [0.4, 0.5) is 0 Å². The summed E-state index contributed by atoms with van der Waals surface area (Å²) in [5.41, 5.74) is 6.84. The van der Waals surface area contributed by atoms with Crippen LogP contribution in [-0.2, 0) is 15.7 Å². The van der Waals surface area contributed by atoms with E-state index in [0.29, 0.717) is 0 Å². The van der Waals surface area contributed by atoms with Gasteiger partial charge in [-0.15, -0.1) is 11.3 Å². The monoisotopic (exact) mass is 442 g/mol. The molecular weight excluding hydrogens is 424 g/mol. The molecule has 1 aliphatic carbocycles. The van der Waals surface area contributed by atoms with Gasteiger partial charge in [0.05, 0.1) is 21.2 Å². The van der Waals surface area contributed by atoms with Crippen molar-refractivity contribution < 1.29 is 4.79 Å². The molecule has 1 aromatic heterocycles. The second-order valence-electron chi connectivity index (χ2n) is 7.37. The molecule has 1 amide bonds. The number of rotatable bonds is 3. The molecule has 2 aromatic rings. The van der Waals surface area contributed by atoms with Gasteiger partial charge in [-0.1, -0.05) is 24.3 Å². The third-order valence-electron chi connectivity index (χ3n) is 5.66. The fourth-order valence-electron chi connectivity index (χ4n) is 3.76.